The number of carbonyl (C=O) groups is 1. The molecular formula is C27H26N6O2. The van der Waals surface area contributed by atoms with E-state index >= 15 is 0 Å². The summed E-state index contributed by atoms with van der Waals surface area (Å²) in [6.45, 7) is 6.31. The molecular weight excluding hydrogens is 440 g/mol. The molecule has 0 radical (unpaired) electrons. The zero-order valence-electron chi connectivity index (χ0n) is 19.8. The maximum absolute atomic E-state index is 13.6. The van der Waals surface area contributed by atoms with Crippen molar-refractivity contribution in [3.8, 4) is 5.75 Å². The van der Waals surface area contributed by atoms with Crippen molar-refractivity contribution in [2.45, 2.75) is 33.4 Å². The summed E-state index contributed by atoms with van der Waals surface area (Å²) in [6, 6.07) is 23.0. The number of fused-ring (bicyclic) bond motifs is 1. The predicted molar refractivity (Wildman–Crippen MR) is 134 cm³/mol. The van der Waals surface area contributed by atoms with Gasteiger partial charge in [-0.25, -0.2) is 0 Å². The van der Waals surface area contributed by atoms with Crippen LogP contribution in [0.25, 0.3) is 0 Å². The molecule has 176 valence electrons. The Labute approximate surface area is 203 Å². The molecule has 8 heteroatoms. The Morgan fingerprint density at radius 3 is 2.40 bits per heavy atom. The van der Waals surface area contributed by atoms with E-state index in [4.69, 9.17) is 4.74 Å². The van der Waals surface area contributed by atoms with Gasteiger partial charge in [-0.05, 0) is 55.0 Å². The lowest BCUT2D eigenvalue weighted by atomic mass is 9.94. The van der Waals surface area contributed by atoms with Crippen molar-refractivity contribution in [1.29, 1.82) is 0 Å². The molecule has 2 heterocycles. The van der Waals surface area contributed by atoms with Crippen LogP contribution < -0.4 is 15.4 Å². The summed E-state index contributed by atoms with van der Waals surface area (Å²) >= 11 is 0. The quantitative estimate of drug-likeness (QED) is 0.424. The van der Waals surface area contributed by atoms with Crippen LogP contribution in [0.5, 0.6) is 5.75 Å². The Kier molecular flexibility index (Phi) is 6.01. The van der Waals surface area contributed by atoms with Crippen molar-refractivity contribution in [3.63, 3.8) is 0 Å². The first-order chi connectivity index (χ1) is 17.0. The number of anilines is 2. The van der Waals surface area contributed by atoms with Crippen LogP contribution in [0.1, 0.15) is 35.2 Å². The van der Waals surface area contributed by atoms with E-state index in [-0.39, 0.29) is 5.91 Å². The largest absolute Gasteiger partial charge is 0.489 e. The Hall–Kier alpha value is -4.46. The van der Waals surface area contributed by atoms with Gasteiger partial charge in [0.2, 0.25) is 5.95 Å². The molecule has 1 aliphatic rings. The molecule has 1 amide bonds. The number of ether oxygens (including phenoxy) is 1. The summed E-state index contributed by atoms with van der Waals surface area (Å²) in [5.74, 6) is 0.890. The molecule has 0 bridgehead atoms. The van der Waals surface area contributed by atoms with Gasteiger partial charge in [0.1, 0.15) is 18.4 Å². The van der Waals surface area contributed by atoms with Gasteiger partial charge in [0.05, 0.1) is 5.57 Å². The second kappa shape index (κ2) is 9.42. The highest BCUT2D eigenvalue weighted by atomic mass is 16.5. The maximum atomic E-state index is 13.6. The number of hydrogen-bond donors (Lipinski definition) is 2. The van der Waals surface area contributed by atoms with E-state index in [0.717, 1.165) is 16.7 Å². The van der Waals surface area contributed by atoms with E-state index in [1.165, 1.54) is 5.56 Å². The minimum Gasteiger partial charge on any atom is -0.489 e. The van der Waals surface area contributed by atoms with Gasteiger partial charge in [-0.15, -0.1) is 0 Å². The van der Waals surface area contributed by atoms with Crippen molar-refractivity contribution in [2.75, 3.05) is 10.6 Å². The third-order valence-corrected chi connectivity index (χ3v) is 6.00. The van der Waals surface area contributed by atoms with Gasteiger partial charge in [-0.1, -0.05) is 70.8 Å². The second-order valence-corrected chi connectivity index (χ2v) is 8.65. The van der Waals surface area contributed by atoms with E-state index in [1.54, 1.807) is 4.68 Å². The van der Waals surface area contributed by atoms with Gasteiger partial charge < -0.3 is 15.4 Å². The third kappa shape index (κ3) is 4.63. The van der Waals surface area contributed by atoms with Crippen LogP contribution in [-0.2, 0) is 11.4 Å². The van der Waals surface area contributed by atoms with E-state index in [0.29, 0.717) is 35.3 Å². The minimum absolute atomic E-state index is 0.238. The first-order valence-corrected chi connectivity index (χ1v) is 11.4. The summed E-state index contributed by atoms with van der Waals surface area (Å²) in [5.41, 5.74) is 6.07. The third-order valence-electron chi connectivity index (χ3n) is 6.00. The summed E-state index contributed by atoms with van der Waals surface area (Å²) in [4.78, 5) is 13.6. The number of benzene rings is 3. The molecule has 0 aliphatic carbocycles. The number of amides is 1. The summed E-state index contributed by atoms with van der Waals surface area (Å²) in [5, 5.41) is 18.3. The molecule has 0 saturated carbocycles. The molecule has 0 spiro atoms. The fourth-order valence-corrected chi connectivity index (χ4v) is 4.11. The lowest BCUT2D eigenvalue weighted by Crippen LogP contribution is -2.31. The van der Waals surface area contributed by atoms with Gasteiger partial charge in [0, 0.05) is 16.9 Å². The van der Waals surface area contributed by atoms with Crippen molar-refractivity contribution < 1.29 is 9.53 Å². The van der Waals surface area contributed by atoms with Crippen LogP contribution in [0.2, 0.25) is 0 Å². The zero-order valence-corrected chi connectivity index (χ0v) is 19.8. The predicted octanol–water partition coefficient (Wildman–Crippen LogP) is 4.80. The summed E-state index contributed by atoms with van der Waals surface area (Å²) in [7, 11) is 0. The lowest BCUT2D eigenvalue weighted by molar-refractivity contribution is -0.113. The van der Waals surface area contributed by atoms with Crippen LogP contribution in [-0.4, -0.2) is 26.1 Å². The molecule has 0 fully saturated rings. The highest BCUT2D eigenvalue weighted by Crippen LogP contribution is 2.39. The highest BCUT2D eigenvalue weighted by Gasteiger charge is 2.35. The van der Waals surface area contributed by atoms with Crippen LogP contribution in [0.4, 0.5) is 11.6 Å². The molecule has 1 unspecified atom stereocenters. The molecule has 4 aromatic rings. The smallest absolute Gasteiger partial charge is 0.255 e. The number of nitrogens with one attached hydrogen (secondary N) is 2. The normalized spacial score (nSPS) is 14.8. The molecule has 5 rings (SSSR count). The first-order valence-electron chi connectivity index (χ1n) is 11.4. The molecule has 35 heavy (non-hydrogen) atoms. The van der Waals surface area contributed by atoms with Crippen LogP contribution >= 0.6 is 0 Å². The average molecular weight is 467 g/mol. The fraction of sp³-hybridized carbons (Fsp3) is 0.185. The van der Waals surface area contributed by atoms with E-state index < -0.39 is 6.04 Å². The standard InChI is InChI=1S/C27H26N6O2/c1-17-8-12-20(13-9-17)16-35-23-7-5-4-6-22(23)25-24(19(3)28-27-30-31-32-33(25)27)26(34)29-21-14-10-18(2)11-15-21/h4-15,25H,16H2,1-3H3,(H,29,34)(H,28,30,32). The van der Waals surface area contributed by atoms with E-state index in [2.05, 4.69) is 45.2 Å². The Bertz CT molecular complexity index is 1390. The second-order valence-electron chi connectivity index (χ2n) is 8.65. The first kappa shape index (κ1) is 22.3. The maximum Gasteiger partial charge on any atom is 0.255 e. The lowest BCUT2D eigenvalue weighted by Gasteiger charge is -2.29. The van der Waals surface area contributed by atoms with Gasteiger partial charge in [-0.3, -0.25) is 4.79 Å². The monoisotopic (exact) mass is 466 g/mol. The van der Waals surface area contributed by atoms with Crippen LogP contribution in [0, 0.1) is 13.8 Å². The molecule has 8 nitrogen and oxygen atoms in total. The topological polar surface area (TPSA) is 94.0 Å². The van der Waals surface area contributed by atoms with Crippen LogP contribution in [0.15, 0.2) is 84.1 Å². The van der Waals surface area contributed by atoms with E-state index in [9.17, 15) is 4.79 Å². The number of nitrogens with zero attached hydrogens (tertiary/aromatic N) is 4. The number of aromatic nitrogens is 4. The molecule has 1 aliphatic heterocycles. The van der Waals surface area contributed by atoms with Gasteiger partial charge in [-0.2, -0.15) is 4.68 Å². The summed E-state index contributed by atoms with van der Waals surface area (Å²) in [6.07, 6.45) is 0. The average Bonchev–Trinajstić information content (AvgIpc) is 3.32. The Balaban J connectivity index is 1.50. The van der Waals surface area contributed by atoms with Gasteiger partial charge >= 0.3 is 0 Å². The van der Waals surface area contributed by atoms with E-state index in [1.807, 2.05) is 74.5 Å². The molecule has 3 aromatic carbocycles. The number of carbonyl (C=O) groups excluding carboxylic acids is 1. The van der Waals surface area contributed by atoms with Crippen LogP contribution in [0.3, 0.4) is 0 Å². The van der Waals surface area contributed by atoms with Crippen molar-refractivity contribution >= 4 is 17.5 Å². The SMILES string of the molecule is CC1=C(C(=O)Nc2ccc(C)cc2)C(c2ccccc2OCc2ccc(C)cc2)n2nnnc2N1. The number of tetrazole rings is 1. The molecule has 2 N–H and O–H groups in total. The number of hydrogen-bond acceptors (Lipinski definition) is 6. The molecule has 1 atom stereocenters. The Morgan fingerprint density at radius 2 is 1.66 bits per heavy atom. The minimum atomic E-state index is -0.569. The zero-order chi connectivity index (χ0) is 24.4. The van der Waals surface area contributed by atoms with Gasteiger partial charge in [0.25, 0.3) is 5.91 Å². The van der Waals surface area contributed by atoms with Crippen molar-refractivity contribution in [2.24, 2.45) is 0 Å². The number of rotatable bonds is 6. The molecule has 1 aromatic heterocycles. The van der Waals surface area contributed by atoms with Crippen molar-refractivity contribution in [3.05, 3.63) is 106 Å². The molecule has 0 saturated heterocycles. The fourth-order valence-electron chi connectivity index (χ4n) is 4.11. The summed E-state index contributed by atoms with van der Waals surface area (Å²) < 4.78 is 7.86. The number of aryl methyl sites for hydroxylation is 2. The van der Waals surface area contributed by atoms with Crippen molar-refractivity contribution in [1.82, 2.24) is 20.2 Å². The Morgan fingerprint density at radius 1 is 0.971 bits per heavy atom. The number of allylic oxidation sites excluding steroid dienone is 1. The number of para-hydroxylation sites is 1. The van der Waals surface area contributed by atoms with Gasteiger partial charge in [0.15, 0.2) is 0 Å². The highest BCUT2D eigenvalue weighted by molar-refractivity contribution is 6.06.